The van der Waals surface area contributed by atoms with E-state index in [4.69, 9.17) is 0 Å². The van der Waals surface area contributed by atoms with Gasteiger partial charge >= 0.3 is 0 Å². The summed E-state index contributed by atoms with van der Waals surface area (Å²) >= 11 is 1.46. The maximum Gasteiger partial charge on any atom is 0.258 e. The number of thiazole rings is 1. The number of likely N-dealkylation sites (N-methyl/N-ethyl adjacent to an activating group) is 1. The smallest absolute Gasteiger partial charge is 0.258 e. The molecule has 33 heavy (non-hydrogen) atoms. The van der Waals surface area contributed by atoms with Gasteiger partial charge in [0.15, 0.2) is 4.96 Å². The van der Waals surface area contributed by atoms with Crippen LogP contribution in [0.25, 0.3) is 4.96 Å². The summed E-state index contributed by atoms with van der Waals surface area (Å²) in [5, 5.41) is 1.86. The van der Waals surface area contributed by atoms with Gasteiger partial charge in [0.25, 0.3) is 5.56 Å². The summed E-state index contributed by atoms with van der Waals surface area (Å²) in [5.74, 6) is 0.781. The Morgan fingerprint density at radius 2 is 1.79 bits per heavy atom. The molecule has 2 fully saturated rings. The molecule has 2 aliphatic rings. The second-order valence-electron chi connectivity index (χ2n) is 8.46. The quantitative estimate of drug-likeness (QED) is 0.509. The number of sulfonamides is 1. The van der Waals surface area contributed by atoms with Crippen molar-refractivity contribution in [1.29, 1.82) is 0 Å². The fourth-order valence-corrected chi connectivity index (χ4v) is 6.33. The van der Waals surface area contributed by atoms with Crippen LogP contribution in [0.2, 0.25) is 0 Å². The van der Waals surface area contributed by atoms with Gasteiger partial charge in [-0.15, -0.1) is 11.3 Å². The van der Waals surface area contributed by atoms with E-state index >= 15 is 0 Å². The molecule has 0 atom stereocenters. The second kappa shape index (κ2) is 9.11. The predicted octanol–water partition coefficient (Wildman–Crippen LogP) is 0.409. The van der Waals surface area contributed by atoms with Crippen LogP contribution in [-0.2, 0) is 16.6 Å². The van der Waals surface area contributed by atoms with Crippen molar-refractivity contribution in [3.63, 3.8) is 0 Å². The van der Waals surface area contributed by atoms with Gasteiger partial charge in [0.1, 0.15) is 10.7 Å². The first-order valence-corrected chi connectivity index (χ1v) is 13.3. The standard InChI is InChI=1S/C21H27N7O3S2/c1-24-4-10-27(11-5-24)33(30,31)18-2-3-19(22-15-18)26-8-6-25(7-9-26)16-17-14-20(29)28-12-13-32-21(28)23-17/h2-3,12-15H,4-11,16H2,1H3. The highest BCUT2D eigenvalue weighted by Crippen LogP contribution is 2.20. The minimum Gasteiger partial charge on any atom is -0.354 e. The molecule has 0 spiro atoms. The molecule has 12 heteroatoms. The van der Waals surface area contributed by atoms with Crippen LogP contribution in [0.1, 0.15) is 5.69 Å². The van der Waals surface area contributed by atoms with E-state index in [1.807, 2.05) is 12.4 Å². The predicted molar refractivity (Wildman–Crippen MR) is 127 cm³/mol. The lowest BCUT2D eigenvalue weighted by atomic mass is 10.2. The molecule has 0 bridgehead atoms. The third kappa shape index (κ3) is 4.66. The Morgan fingerprint density at radius 3 is 2.48 bits per heavy atom. The monoisotopic (exact) mass is 489 g/mol. The number of rotatable bonds is 5. The zero-order valence-corrected chi connectivity index (χ0v) is 20.1. The lowest BCUT2D eigenvalue weighted by molar-refractivity contribution is 0.222. The van der Waals surface area contributed by atoms with E-state index < -0.39 is 10.0 Å². The summed E-state index contributed by atoms with van der Waals surface area (Å²) in [5.41, 5.74) is 0.734. The second-order valence-corrected chi connectivity index (χ2v) is 11.3. The largest absolute Gasteiger partial charge is 0.354 e. The average Bonchev–Trinajstić information content (AvgIpc) is 3.29. The number of nitrogens with zero attached hydrogens (tertiary/aromatic N) is 7. The lowest BCUT2D eigenvalue weighted by Gasteiger charge is -2.35. The lowest BCUT2D eigenvalue weighted by Crippen LogP contribution is -2.47. The molecule has 5 heterocycles. The Hall–Kier alpha value is -2.38. The molecular weight excluding hydrogens is 462 g/mol. The van der Waals surface area contributed by atoms with Gasteiger partial charge < -0.3 is 9.80 Å². The maximum absolute atomic E-state index is 12.9. The zero-order valence-electron chi connectivity index (χ0n) is 18.5. The highest BCUT2D eigenvalue weighted by Gasteiger charge is 2.28. The minimum absolute atomic E-state index is 0.0503. The summed E-state index contributed by atoms with van der Waals surface area (Å²) in [4.78, 5) is 28.8. The van der Waals surface area contributed by atoms with Crippen molar-refractivity contribution in [3.05, 3.63) is 52.0 Å². The van der Waals surface area contributed by atoms with Crippen molar-refractivity contribution >= 4 is 32.1 Å². The first-order chi connectivity index (χ1) is 15.9. The third-order valence-corrected chi connectivity index (χ3v) is 8.90. The molecule has 3 aromatic rings. The van der Waals surface area contributed by atoms with Crippen LogP contribution in [0.4, 0.5) is 5.82 Å². The molecule has 0 amide bonds. The van der Waals surface area contributed by atoms with E-state index in [1.165, 1.54) is 21.8 Å². The zero-order chi connectivity index (χ0) is 23.0. The molecule has 5 rings (SSSR count). The number of hydrogen-bond donors (Lipinski definition) is 0. The van der Waals surface area contributed by atoms with E-state index in [2.05, 4.69) is 24.7 Å². The Kier molecular flexibility index (Phi) is 6.18. The molecule has 0 unspecified atom stereocenters. The van der Waals surface area contributed by atoms with E-state index in [1.54, 1.807) is 28.8 Å². The Balaban J connectivity index is 1.20. The molecule has 2 saturated heterocycles. The average molecular weight is 490 g/mol. The van der Waals surface area contributed by atoms with Gasteiger partial charge in [0.2, 0.25) is 10.0 Å². The minimum atomic E-state index is -3.51. The van der Waals surface area contributed by atoms with E-state index in [9.17, 15) is 13.2 Å². The van der Waals surface area contributed by atoms with Gasteiger partial charge in [0, 0.05) is 82.7 Å². The van der Waals surface area contributed by atoms with Crippen LogP contribution in [0, 0.1) is 0 Å². The molecule has 0 aromatic carbocycles. The number of fused-ring (bicyclic) bond motifs is 1. The molecule has 3 aromatic heterocycles. The van der Waals surface area contributed by atoms with Gasteiger partial charge in [-0.3, -0.25) is 14.1 Å². The summed E-state index contributed by atoms with van der Waals surface area (Å²) in [6.07, 6.45) is 3.22. The van der Waals surface area contributed by atoms with E-state index in [0.717, 1.165) is 50.8 Å². The maximum atomic E-state index is 12.9. The van der Waals surface area contributed by atoms with Gasteiger partial charge in [-0.2, -0.15) is 4.31 Å². The van der Waals surface area contributed by atoms with Crippen molar-refractivity contribution in [3.8, 4) is 0 Å². The van der Waals surface area contributed by atoms with Gasteiger partial charge in [-0.1, -0.05) is 0 Å². The normalized spacial score (nSPS) is 19.4. The Bertz CT molecular complexity index is 1270. The molecular formula is C21H27N7O3S2. The summed E-state index contributed by atoms with van der Waals surface area (Å²) < 4.78 is 28.9. The van der Waals surface area contributed by atoms with Crippen molar-refractivity contribution in [2.45, 2.75) is 11.4 Å². The van der Waals surface area contributed by atoms with Gasteiger partial charge in [-0.05, 0) is 19.2 Å². The highest BCUT2D eigenvalue weighted by atomic mass is 32.2. The third-order valence-electron chi connectivity index (χ3n) is 6.26. The molecule has 0 aliphatic carbocycles. The van der Waals surface area contributed by atoms with Crippen LogP contribution in [0.3, 0.4) is 0 Å². The Labute approximate surface area is 196 Å². The fraction of sp³-hybridized carbons (Fsp3) is 0.476. The number of aromatic nitrogens is 3. The van der Waals surface area contributed by atoms with Crippen LogP contribution in [-0.4, -0.2) is 96.3 Å². The molecule has 0 saturated carbocycles. The fourth-order valence-electron chi connectivity index (χ4n) is 4.22. The molecule has 10 nitrogen and oxygen atoms in total. The Morgan fingerprint density at radius 1 is 1.03 bits per heavy atom. The first-order valence-electron chi connectivity index (χ1n) is 11.0. The van der Waals surface area contributed by atoms with E-state index in [-0.39, 0.29) is 10.5 Å². The number of piperazine rings is 2. The first kappa shape index (κ1) is 22.4. The van der Waals surface area contributed by atoms with Gasteiger partial charge in [-0.25, -0.2) is 18.4 Å². The van der Waals surface area contributed by atoms with Crippen LogP contribution in [0.5, 0.6) is 0 Å². The number of pyridine rings is 1. The SMILES string of the molecule is CN1CCN(S(=O)(=O)c2ccc(N3CCN(Cc4cc(=O)n5ccsc5n4)CC3)nc2)CC1. The van der Waals surface area contributed by atoms with Crippen LogP contribution >= 0.6 is 11.3 Å². The molecule has 176 valence electrons. The van der Waals surface area contributed by atoms with Crippen molar-refractivity contribution in [1.82, 2.24) is 28.5 Å². The summed E-state index contributed by atoms with van der Waals surface area (Å²) in [7, 11) is -1.51. The van der Waals surface area contributed by atoms with E-state index in [0.29, 0.717) is 24.6 Å². The van der Waals surface area contributed by atoms with Crippen molar-refractivity contribution < 1.29 is 8.42 Å². The summed E-state index contributed by atoms with van der Waals surface area (Å²) in [6, 6.07) is 5.06. The summed E-state index contributed by atoms with van der Waals surface area (Å²) in [6.45, 7) is 6.29. The van der Waals surface area contributed by atoms with Crippen LogP contribution < -0.4 is 10.5 Å². The topological polar surface area (TPSA) is 94.4 Å². The van der Waals surface area contributed by atoms with Gasteiger partial charge in [0.05, 0.1) is 5.69 Å². The number of hydrogen-bond acceptors (Lipinski definition) is 9. The highest BCUT2D eigenvalue weighted by molar-refractivity contribution is 7.89. The van der Waals surface area contributed by atoms with Crippen LogP contribution in [0.15, 0.2) is 45.7 Å². The van der Waals surface area contributed by atoms with Crippen molar-refractivity contribution in [2.75, 3.05) is 64.3 Å². The molecule has 0 N–H and O–H groups in total. The molecule has 2 aliphatic heterocycles. The number of anilines is 1. The molecule has 0 radical (unpaired) electrons. The van der Waals surface area contributed by atoms with Crippen molar-refractivity contribution in [2.24, 2.45) is 0 Å².